The molecular weight excluding hydrogens is 160 g/mol. The lowest BCUT2D eigenvalue weighted by Crippen LogP contribution is -1.96. The molecule has 1 aromatic heterocycles. The Balaban J connectivity index is 2.51. The zero-order chi connectivity index (χ0) is 8.27. The van der Waals surface area contributed by atoms with E-state index >= 15 is 0 Å². The molecule has 0 aromatic carbocycles. The number of thiophene rings is 1. The van der Waals surface area contributed by atoms with Crippen LogP contribution in [0, 0.1) is 6.92 Å². The number of carboxylic acid groups (broad SMARTS) is 1. The molecule has 1 aromatic rings. The van der Waals surface area contributed by atoms with Gasteiger partial charge in [-0.25, -0.2) is 0 Å². The largest absolute Gasteiger partial charge is 0.481 e. The fourth-order valence-electron chi connectivity index (χ4n) is 0.912. The van der Waals surface area contributed by atoms with E-state index in [2.05, 4.69) is 0 Å². The molecule has 60 valence electrons. The van der Waals surface area contributed by atoms with Gasteiger partial charge in [-0.15, -0.1) is 11.3 Å². The van der Waals surface area contributed by atoms with Crippen LogP contribution in [0.5, 0.6) is 0 Å². The van der Waals surface area contributed by atoms with Crippen molar-refractivity contribution in [2.75, 3.05) is 0 Å². The molecule has 2 nitrogen and oxygen atoms in total. The van der Waals surface area contributed by atoms with E-state index in [1.165, 1.54) is 4.88 Å². The second-order valence-electron chi connectivity index (χ2n) is 2.40. The molecule has 1 rings (SSSR count). The van der Waals surface area contributed by atoms with E-state index in [1.54, 1.807) is 11.3 Å². The Kier molecular flexibility index (Phi) is 2.65. The maximum absolute atomic E-state index is 10.2. The minimum Gasteiger partial charge on any atom is -0.481 e. The Bertz CT molecular complexity index is 252. The summed E-state index contributed by atoms with van der Waals surface area (Å²) >= 11 is 1.66. The first-order chi connectivity index (χ1) is 5.20. The van der Waals surface area contributed by atoms with Crippen molar-refractivity contribution in [3.63, 3.8) is 0 Å². The van der Waals surface area contributed by atoms with Crippen molar-refractivity contribution < 1.29 is 9.90 Å². The van der Waals surface area contributed by atoms with Gasteiger partial charge in [0.15, 0.2) is 0 Å². The Morgan fingerprint density at radius 3 is 2.91 bits per heavy atom. The first-order valence-corrected chi connectivity index (χ1v) is 4.33. The van der Waals surface area contributed by atoms with Crippen molar-refractivity contribution in [3.8, 4) is 0 Å². The lowest BCUT2D eigenvalue weighted by Gasteiger charge is -1.94. The molecule has 0 atom stereocenters. The van der Waals surface area contributed by atoms with Gasteiger partial charge < -0.3 is 5.11 Å². The Hall–Kier alpha value is -0.830. The van der Waals surface area contributed by atoms with Gasteiger partial charge in [0, 0.05) is 11.3 Å². The smallest absolute Gasteiger partial charge is 0.303 e. The Morgan fingerprint density at radius 1 is 1.73 bits per heavy atom. The average molecular weight is 170 g/mol. The number of hydrogen-bond acceptors (Lipinski definition) is 2. The number of carboxylic acids is 1. The molecule has 11 heavy (non-hydrogen) atoms. The quantitative estimate of drug-likeness (QED) is 0.754. The van der Waals surface area contributed by atoms with Gasteiger partial charge in [0.25, 0.3) is 0 Å². The lowest BCUT2D eigenvalue weighted by atomic mass is 10.1. The van der Waals surface area contributed by atoms with E-state index < -0.39 is 5.97 Å². The molecule has 0 spiro atoms. The third-order valence-electron chi connectivity index (χ3n) is 1.57. The predicted molar refractivity (Wildman–Crippen MR) is 45.0 cm³/mol. The highest BCUT2D eigenvalue weighted by atomic mass is 32.1. The molecule has 0 saturated heterocycles. The van der Waals surface area contributed by atoms with Crippen LogP contribution >= 0.6 is 11.3 Å². The van der Waals surface area contributed by atoms with Crippen molar-refractivity contribution in [1.82, 2.24) is 0 Å². The molecule has 3 heteroatoms. The molecule has 0 aliphatic heterocycles. The third-order valence-corrected chi connectivity index (χ3v) is 2.46. The summed E-state index contributed by atoms with van der Waals surface area (Å²) in [5, 5.41) is 10.4. The summed E-state index contributed by atoms with van der Waals surface area (Å²) in [6.07, 6.45) is 0.891. The molecule has 0 unspecified atom stereocenters. The second kappa shape index (κ2) is 3.53. The molecule has 0 aliphatic carbocycles. The van der Waals surface area contributed by atoms with Crippen LogP contribution in [-0.2, 0) is 11.2 Å². The van der Waals surface area contributed by atoms with Gasteiger partial charge in [0.05, 0.1) is 0 Å². The summed E-state index contributed by atoms with van der Waals surface area (Å²) in [6.45, 7) is 2.02. The summed E-state index contributed by atoms with van der Waals surface area (Å²) in [7, 11) is 0. The van der Waals surface area contributed by atoms with Gasteiger partial charge in [-0.1, -0.05) is 0 Å². The van der Waals surface area contributed by atoms with Gasteiger partial charge in [-0.05, 0) is 30.4 Å². The lowest BCUT2D eigenvalue weighted by molar-refractivity contribution is -0.136. The molecule has 0 saturated carbocycles. The van der Waals surface area contributed by atoms with Gasteiger partial charge in [-0.3, -0.25) is 4.79 Å². The number of aryl methyl sites for hydroxylation is 2. The highest BCUT2D eigenvalue weighted by molar-refractivity contribution is 7.10. The van der Waals surface area contributed by atoms with Crippen LogP contribution in [0.1, 0.15) is 16.9 Å². The monoisotopic (exact) mass is 170 g/mol. The number of hydrogen-bond donors (Lipinski definition) is 1. The zero-order valence-corrected chi connectivity index (χ0v) is 7.15. The van der Waals surface area contributed by atoms with E-state index in [-0.39, 0.29) is 6.42 Å². The summed E-state index contributed by atoms with van der Waals surface area (Å²) in [4.78, 5) is 11.4. The van der Waals surface area contributed by atoms with E-state index in [1.807, 2.05) is 18.4 Å². The van der Waals surface area contributed by atoms with Crippen molar-refractivity contribution in [2.45, 2.75) is 19.8 Å². The van der Waals surface area contributed by atoms with Crippen molar-refractivity contribution >= 4 is 17.3 Å². The maximum atomic E-state index is 10.2. The SMILES string of the molecule is Cc1sccc1CCC(=O)O. The predicted octanol–water partition coefficient (Wildman–Crippen LogP) is 2.07. The maximum Gasteiger partial charge on any atom is 0.303 e. The molecule has 0 radical (unpaired) electrons. The molecular formula is C8H10O2S. The normalized spacial score (nSPS) is 9.91. The first kappa shape index (κ1) is 8.27. The standard InChI is InChI=1S/C8H10O2S/c1-6-7(4-5-11-6)2-3-8(9)10/h4-5H,2-3H2,1H3,(H,9,10). The first-order valence-electron chi connectivity index (χ1n) is 3.45. The van der Waals surface area contributed by atoms with E-state index in [0.717, 1.165) is 5.56 Å². The van der Waals surface area contributed by atoms with Crippen molar-refractivity contribution in [1.29, 1.82) is 0 Å². The highest BCUT2D eigenvalue weighted by Gasteiger charge is 2.01. The van der Waals surface area contributed by atoms with Crippen LogP contribution in [0.3, 0.4) is 0 Å². The summed E-state index contributed by atoms with van der Waals surface area (Å²) in [6, 6.07) is 1.99. The topological polar surface area (TPSA) is 37.3 Å². The summed E-state index contributed by atoms with van der Waals surface area (Å²) in [5.41, 5.74) is 1.16. The van der Waals surface area contributed by atoms with Crippen LogP contribution in [-0.4, -0.2) is 11.1 Å². The summed E-state index contributed by atoms with van der Waals surface area (Å²) < 4.78 is 0. The minimum absolute atomic E-state index is 0.234. The second-order valence-corrected chi connectivity index (χ2v) is 3.52. The summed E-state index contributed by atoms with van der Waals surface area (Å²) in [5.74, 6) is -0.726. The molecule has 1 heterocycles. The van der Waals surface area contributed by atoms with Crippen molar-refractivity contribution in [2.24, 2.45) is 0 Å². The van der Waals surface area contributed by atoms with Crippen LogP contribution in [0.4, 0.5) is 0 Å². The molecule has 0 bridgehead atoms. The van der Waals surface area contributed by atoms with Crippen LogP contribution in [0.25, 0.3) is 0 Å². The fourth-order valence-corrected chi connectivity index (χ4v) is 1.67. The highest BCUT2D eigenvalue weighted by Crippen LogP contribution is 2.16. The molecule has 0 aliphatic rings. The fraction of sp³-hybridized carbons (Fsp3) is 0.375. The van der Waals surface area contributed by atoms with Crippen molar-refractivity contribution in [3.05, 3.63) is 21.9 Å². The number of carbonyl (C=O) groups is 1. The Labute approximate surface area is 69.5 Å². The Morgan fingerprint density at radius 2 is 2.45 bits per heavy atom. The van der Waals surface area contributed by atoms with E-state index in [9.17, 15) is 4.79 Å². The van der Waals surface area contributed by atoms with E-state index in [0.29, 0.717) is 6.42 Å². The zero-order valence-electron chi connectivity index (χ0n) is 6.33. The van der Waals surface area contributed by atoms with Crippen LogP contribution in [0.2, 0.25) is 0 Å². The van der Waals surface area contributed by atoms with Gasteiger partial charge in [0.2, 0.25) is 0 Å². The van der Waals surface area contributed by atoms with E-state index in [4.69, 9.17) is 5.11 Å². The molecule has 0 amide bonds. The van der Waals surface area contributed by atoms with Gasteiger partial charge in [-0.2, -0.15) is 0 Å². The van der Waals surface area contributed by atoms with Gasteiger partial charge in [0.1, 0.15) is 0 Å². The molecule has 0 fully saturated rings. The van der Waals surface area contributed by atoms with Crippen LogP contribution < -0.4 is 0 Å². The van der Waals surface area contributed by atoms with Crippen LogP contribution in [0.15, 0.2) is 11.4 Å². The third kappa shape index (κ3) is 2.35. The number of aliphatic carboxylic acids is 1. The van der Waals surface area contributed by atoms with Gasteiger partial charge >= 0.3 is 5.97 Å². The average Bonchev–Trinajstić information content (AvgIpc) is 2.31. The number of rotatable bonds is 3. The molecule has 1 N–H and O–H groups in total. The minimum atomic E-state index is -0.726.